The van der Waals surface area contributed by atoms with Gasteiger partial charge in [0.05, 0.1) is 5.56 Å². The summed E-state index contributed by atoms with van der Waals surface area (Å²) >= 11 is 0. The Balaban J connectivity index is 2.56. The smallest absolute Gasteiger partial charge is 0.335 e. The van der Waals surface area contributed by atoms with Crippen LogP contribution in [-0.2, 0) is 0 Å². The average molecular weight is 228 g/mol. The van der Waals surface area contributed by atoms with Gasteiger partial charge in [-0.2, -0.15) is 0 Å². The quantitative estimate of drug-likeness (QED) is 0.830. The summed E-state index contributed by atoms with van der Waals surface area (Å²) in [5, 5.41) is 18.7. The molecule has 0 fully saturated rings. The summed E-state index contributed by atoms with van der Waals surface area (Å²) in [5.74, 6) is -0.822. The Morgan fingerprint density at radius 2 is 1.88 bits per heavy atom. The van der Waals surface area contributed by atoms with Gasteiger partial charge in [-0.15, -0.1) is 0 Å². The van der Waals surface area contributed by atoms with Gasteiger partial charge in [0, 0.05) is 5.56 Å². The molecule has 0 unspecified atom stereocenters. The second kappa shape index (κ2) is 4.29. The number of carbonyl (C=O) groups is 1. The largest absolute Gasteiger partial charge is 0.507 e. The number of aromatic hydroxyl groups is 1. The van der Waals surface area contributed by atoms with Crippen LogP contribution in [0, 0.1) is 6.92 Å². The second-order valence-electron chi connectivity index (χ2n) is 3.91. The molecule has 0 amide bonds. The lowest BCUT2D eigenvalue weighted by Gasteiger charge is -2.06. The number of aryl methyl sites for hydroxylation is 1. The van der Waals surface area contributed by atoms with E-state index in [9.17, 15) is 9.90 Å². The minimum absolute atomic E-state index is 0.151. The molecule has 0 spiro atoms. The summed E-state index contributed by atoms with van der Waals surface area (Å²) in [6.45, 7) is 1.92. The van der Waals surface area contributed by atoms with Crippen molar-refractivity contribution in [2.24, 2.45) is 0 Å². The number of aromatic carboxylic acids is 1. The van der Waals surface area contributed by atoms with E-state index < -0.39 is 5.97 Å². The predicted molar refractivity (Wildman–Crippen MR) is 65.2 cm³/mol. The maximum Gasteiger partial charge on any atom is 0.335 e. The van der Waals surface area contributed by atoms with Crippen molar-refractivity contribution in [3.63, 3.8) is 0 Å². The Morgan fingerprint density at radius 3 is 2.59 bits per heavy atom. The minimum atomic E-state index is -0.973. The van der Waals surface area contributed by atoms with E-state index in [1.54, 1.807) is 30.3 Å². The Kier molecular flexibility index (Phi) is 2.83. The molecule has 2 rings (SSSR count). The zero-order valence-corrected chi connectivity index (χ0v) is 9.34. The van der Waals surface area contributed by atoms with E-state index in [1.807, 2.05) is 13.0 Å². The molecule has 17 heavy (non-hydrogen) atoms. The van der Waals surface area contributed by atoms with Crippen LogP contribution in [0.15, 0.2) is 42.5 Å². The van der Waals surface area contributed by atoms with Gasteiger partial charge in [-0.05, 0) is 36.8 Å². The molecule has 3 heteroatoms. The number of phenolic OH excluding ortho intramolecular Hbond substituents is 1. The van der Waals surface area contributed by atoms with E-state index in [0.29, 0.717) is 11.1 Å². The van der Waals surface area contributed by atoms with Crippen molar-refractivity contribution >= 4 is 5.97 Å². The van der Waals surface area contributed by atoms with Gasteiger partial charge < -0.3 is 10.2 Å². The van der Waals surface area contributed by atoms with Crippen LogP contribution in [0.1, 0.15) is 15.9 Å². The highest BCUT2D eigenvalue weighted by Gasteiger charge is 2.08. The molecule has 3 nitrogen and oxygen atoms in total. The average Bonchev–Trinajstić information content (AvgIpc) is 2.32. The van der Waals surface area contributed by atoms with Crippen molar-refractivity contribution in [1.29, 1.82) is 0 Å². The van der Waals surface area contributed by atoms with Gasteiger partial charge in [-0.25, -0.2) is 4.79 Å². The molecule has 0 aromatic heterocycles. The first-order chi connectivity index (χ1) is 8.08. The van der Waals surface area contributed by atoms with Crippen molar-refractivity contribution in [3.8, 4) is 16.9 Å². The fourth-order valence-corrected chi connectivity index (χ4v) is 1.70. The van der Waals surface area contributed by atoms with Crippen molar-refractivity contribution in [2.45, 2.75) is 6.92 Å². The van der Waals surface area contributed by atoms with Gasteiger partial charge in [-0.3, -0.25) is 0 Å². The number of hydrogen-bond donors (Lipinski definition) is 2. The zero-order chi connectivity index (χ0) is 12.4. The first kappa shape index (κ1) is 11.2. The van der Waals surface area contributed by atoms with Crippen LogP contribution in [0.25, 0.3) is 11.1 Å². The van der Waals surface area contributed by atoms with Crippen LogP contribution in [0.5, 0.6) is 5.75 Å². The van der Waals surface area contributed by atoms with Crippen LogP contribution in [0.4, 0.5) is 0 Å². The summed E-state index contributed by atoms with van der Waals surface area (Å²) < 4.78 is 0. The van der Waals surface area contributed by atoms with Gasteiger partial charge >= 0.3 is 5.97 Å². The highest BCUT2D eigenvalue weighted by atomic mass is 16.4. The highest BCUT2D eigenvalue weighted by Crippen LogP contribution is 2.30. The Labute approximate surface area is 99.0 Å². The van der Waals surface area contributed by atoms with E-state index in [2.05, 4.69) is 0 Å². The maximum atomic E-state index is 10.9. The van der Waals surface area contributed by atoms with Gasteiger partial charge in [-0.1, -0.05) is 23.8 Å². The Bertz CT molecular complexity index is 573. The molecular weight excluding hydrogens is 216 g/mol. The van der Waals surface area contributed by atoms with E-state index in [-0.39, 0.29) is 11.3 Å². The Morgan fingerprint density at radius 1 is 1.12 bits per heavy atom. The summed E-state index contributed by atoms with van der Waals surface area (Å²) in [6, 6.07) is 11.8. The highest BCUT2D eigenvalue weighted by molar-refractivity contribution is 5.89. The molecule has 0 radical (unpaired) electrons. The predicted octanol–water partition coefficient (Wildman–Crippen LogP) is 3.07. The van der Waals surface area contributed by atoms with Gasteiger partial charge in [0.2, 0.25) is 0 Å². The SMILES string of the molecule is Cc1ccc(O)c(-c2cccc(C(=O)O)c2)c1. The van der Waals surface area contributed by atoms with Gasteiger partial charge in [0.25, 0.3) is 0 Å². The lowest BCUT2D eigenvalue weighted by atomic mass is 10.0. The molecule has 0 heterocycles. The fraction of sp³-hybridized carbons (Fsp3) is 0.0714. The molecule has 0 aliphatic rings. The normalized spacial score (nSPS) is 10.2. The zero-order valence-electron chi connectivity index (χ0n) is 9.34. The lowest BCUT2D eigenvalue weighted by molar-refractivity contribution is 0.0697. The number of hydrogen-bond acceptors (Lipinski definition) is 2. The van der Waals surface area contributed by atoms with Crippen LogP contribution >= 0.6 is 0 Å². The number of benzene rings is 2. The molecule has 86 valence electrons. The minimum Gasteiger partial charge on any atom is -0.507 e. The molecule has 0 bridgehead atoms. The number of carboxylic acids is 1. The third-order valence-electron chi connectivity index (χ3n) is 2.57. The third kappa shape index (κ3) is 2.28. The molecule has 0 saturated heterocycles. The number of carboxylic acid groups (broad SMARTS) is 1. The topological polar surface area (TPSA) is 57.5 Å². The molecule has 2 aromatic carbocycles. The van der Waals surface area contributed by atoms with Crippen molar-refractivity contribution < 1.29 is 15.0 Å². The molecule has 0 aliphatic heterocycles. The lowest BCUT2D eigenvalue weighted by Crippen LogP contribution is -1.95. The van der Waals surface area contributed by atoms with Gasteiger partial charge in [0.15, 0.2) is 0 Å². The molecule has 0 saturated carbocycles. The van der Waals surface area contributed by atoms with E-state index >= 15 is 0 Å². The first-order valence-corrected chi connectivity index (χ1v) is 5.21. The van der Waals surface area contributed by atoms with Crippen molar-refractivity contribution in [2.75, 3.05) is 0 Å². The van der Waals surface area contributed by atoms with Gasteiger partial charge in [0.1, 0.15) is 5.75 Å². The van der Waals surface area contributed by atoms with Crippen LogP contribution in [-0.4, -0.2) is 16.2 Å². The number of phenols is 1. The third-order valence-corrected chi connectivity index (χ3v) is 2.57. The van der Waals surface area contributed by atoms with Crippen molar-refractivity contribution in [3.05, 3.63) is 53.6 Å². The van der Waals surface area contributed by atoms with E-state index in [4.69, 9.17) is 5.11 Å². The first-order valence-electron chi connectivity index (χ1n) is 5.21. The second-order valence-corrected chi connectivity index (χ2v) is 3.91. The molecular formula is C14H12O3. The van der Waals surface area contributed by atoms with E-state index in [1.165, 1.54) is 6.07 Å². The monoisotopic (exact) mass is 228 g/mol. The molecule has 0 atom stereocenters. The van der Waals surface area contributed by atoms with Crippen LogP contribution in [0.2, 0.25) is 0 Å². The van der Waals surface area contributed by atoms with Crippen LogP contribution < -0.4 is 0 Å². The van der Waals surface area contributed by atoms with E-state index in [0.717, 1.165) is 5.56 Å². The summed E-state index contributed by atoms with van der Waals surface area (Å²) in [6.07, 6.45) is 0. The maximum absolute atomic E-state index is 10.9. The van der Waals surface area contributed by atoms with Crippen LogP contribution in [0.3, 0.4) is 0 Å². The summed E-state index contributed by atoms with van der Waals surface area (Å²) in [7, 11) is 0. The fourth-order valence-electron chi connectivity index (χ4n) is 1.70. The number of rotatable bonds is 2. The molecule has 0 aliphatic carbocycles. The molecule has 2 aromatic rings. The standard InChI is InChI=1S/C14H12O3/c1-9-5-6-13(15)12(7-9)10-3-2-4-11(8-10)14(16)17/h2-8,15H,1H3,(H,16,17). The molecule has 2 N–H and O–H groups in total. The Hall–Kier alpha value is -2.29. The summed E-state index contributed by atoms with van der Waals surface area (Å²) in [5.41, 5.74) is 2.57. The summed E-state index contributed by atoms with van der Waals surface area (Å²) in [4.78, 5) is 10.9. The van der Waals surface area contributed by atoms with Crippen molar-refractivity contribution in [1.82, 2.24) is 0 Å².